The molecule has 1 aromatic heterocycles. The molecule has 1 aliphatic carbocycles. The van der Waals surface area contributed by atoms with E-state index in [2.05, 4.69) is 114 Å². The van der Waals surface area contributed by atoms with Crippen LogP contribution < -0.4 is 14.1 Å². The molecule has 0 spiro atoms. The van der Waals surface area contributed by atoms with Crippen LogP contribution in [0.25, 0.3) is 10.8 Å². The fourth-order valence-corrected chi connectivity index (χ4v) is 8.99. The average Bonchev–Trinajstić information content (AvgIpc) is 3.46. The Balaban J connectivity index is 1.40. The summed E-state index contributed by atoms with van der Waals surface area (Å²) in [6.45, 7) is 24.9. The molecule has 2 aliphatic heterocycles. The summed E-state index contributed by atoms with van der Waals surface area (Å²) in [6, 6.07) is 14.3. The number of hydrogen-bond acceptors (Lipinski definition) is 7. The highest BCUT2D eigenvalue weighted by Gasteiger charge is 2.40. The van der Waals surface area contributed by atoms with Gasteiger partial charge in [-0.1, -0.05) is 58.5 Å². The van der Waals surface area contributed by atoms with E-state index in [-0.39, 0.29) is 28.9 Å². The van der Waals surface area contributed by atoms with Crippen molar-refractivity contribution >= 4 is 30.8 Å². The van der Waals surface area contributed by atoms with Crippen LogP contribution in [0.4, 0.5) is 5.82 Å². The second-order valence-corrected chi connectivity index (χ2v) is 21.2. The van der Waals surface area contributed by atoms with E-state index in [1.807, 2.05) is 4.90 Å². The maximum absolute atomic E-state index is 12.6. The van der Waals surface area contributed by atoms with Crippen molar-refractivity contribution in [2.45, 2.75) is 109 Å². The van der Waals surface area contributed by atoms with Gasteiger partial charge < -0.3 is 23.9 Å². The molecule has 0 bridgehead atoms. The minimum Gasteiger partial charge on any atom is -0.543 e. The summed E-state index contributed by atoms with van der Waals surface area (Å²) in [5, 5.41) is 2.60. The third-order valence-electron chi connectivity index (χ3n) is 11.8. The number of piperazine rings is 1. The zero-order chi connectivity index (χ0) is 35.2. The van der Waals surface area contributed by atoms with E-state index in [0.29, 0.717) is 37.7 Å². The first-order chi connectivity index (χ1) is 23.2. The molecule has 2 fully saturated rings. The van der Waals surface area contributed by atoms with E-state index >= 15 is 0 Å². The number of ether oxygens (including phenoxy) is 1. The topological polar surface area (TPSA) is 71.0 Å². The number of anilines is 1. The number of benzene rings is 2. The molecule has 3 aliphatic rings. The highest BCUT2D eigenvalue weighted by Crippen LogP contribution is 2.45. The van der Waals surface area contributed by atoms with Crippen molar-refractivity contribution in [1.29, 1.82) is 0 Å². The summed E-state index contributed by atoms with van der Waals surface area (Å²) in [4.78, 5) is 29.7. The molecule has 8 nitrogen and oxygen atoms in total. The summed E-state index contributed by atoms with van der Waals surface area (Å²) < 4.78 is 13.4. The van der Waals surface area contributed by atoms with E-state index in [9.17, 15) is 4.79 Å². The number of likely N-dealkylation sites (tertiary alicyclic amines) is 1. The summed E-state index contributed by atoms with van der Waals surface area (Å²) in [5.41, 5.74) is 3.62. The normalized spacial score (nSPS) is 25.0. The van der Waals surface area contributed by atoms with Crippen molar-refractivity contribution in [1.82, 2.24) is 19.8 Å². The smallest absolute Gasteiger partial charge is 0.318 e. The van der Waals surface area contributed by atoms with Crippen molar-refractivity contribution in [3.05, 3.63) is 65.9 Å². The van der Waals surface area contributed by atoms with Crippen molar-refractivity contribution in [3.63, 3.8) is 0 Å². The lowest BCUT2D eigenvalue weighted by Crippen LogP contribution is -2.58. The summed E-state index contributed by atoms with van der Waals surface area (Å²) in [6.07, 6.45) is 5.41. The average molecular weight is 684 g/mol. The molecular formula is C40H57N5O3Si. The van der Waals surface area contributed by atoms with Gasteiger partial charge in [0.25, 0.3) is 0 Å². The van der Waals surface area contributed by atoms with Gasteiger partial charge in [0.1, 0.15) is 18.2 Å². The van der Waals surface area contributed by atoms with Crippen molar-refractivity contribution in [2.24, 2.45) is 5.92 Å². The largest absolute Gasteiger partial charge is 0.543 e. The van der Waals surface area contributed by atoms with Crippen LogP contribution in [0.5, 0.6) is 11.8 Å². The number of amides is 1. The van der Waals surface area contributed by atoms with Gasteiger partial charge in [0.2, 0.25) is 14.2 Å². The lowest BCUT2D eigenvalue weighted by Gasteiger charge is -2.46. The molecule has 6 rings (SSSR count). The molecule has 49 heavy (non-hydrogen) atoms. The Morgan fingerprint density at radius 2 is 1.78 bits per heavy atom. The van der Waals surface area contributed by atoms with Crippen LogP contribution in [0.15, 0.2) is 49.1 Å². The molecule has 9 heteroatoms. The van der Waals surface area contributed by atoms with E-state index < -0.39 is 8.32 Å². The van der Waals surface area contributed by atoms with Crippen LogP contribution in [-0.4, -0.2) is 85.4 Å². The number of rotatable bonds is 8. The Kier molecular flexibility index (Phi) is 9.90. The number of carbonyl (C=O) groups excluding carboxylic acids is 1. The third-order valence-corrected chi connectivity index (χ3v) is 16.2. The Morgan fingerprint density at radius 3 is 2.43 bits per heavy atom. The van der Waals surface area contributed by atoms with Gasteiger partial charge in [0, 0.05) is 36.8 Å². The lowest BCUT2D eigenvalue weighted by atomic mass is 9.74. The number of likely N-dealkylation sites (N-methyl/N-ethyl adjacent to an activating group) is 1. The minimum atomic E-state index is -2.04. The number of fused-ring (bicyclic) bond motifs is 2. The molecular weight excluding hydrogens is 627 g/mol. The van der Waals surface area contributed by atoms with Gasteiger partial charge in [-0.2, -0.15) is 9.97 Å². The van der Waals surface area contributed by atoms with Crippen LogP contribution in [0.2, 0.25) is 18.1 Å². The Labute approximate surface area is 295 Å². The maximum Gasteiger partial charge on any atom is 0.318 e. The summed E-state index contributed by atoms with van der Waals surface area (Å²) in [5.74, 6) is 2.54. The standard InChI is InChI=1S/C40H57N5O3Si/c1-11-37(46)44-23-27(3)45(28(4)24-44)38-35-19-26(2)33(22-36(35)41-39(42-38)47-25-30-16-14-18-43(30)8)34-21-31(48-49(9,10)40(5,6)7)20-29-15-12-13-17-32(29)34/h11-13,15,17,20-21,26-28,30,33H,1,14,16,18-19,22-25H2,2-10H3/t26?,27-,28-,30-,33?/m0/s1. The highest BCUT2D eigenvalue weighted by molar-refractivity contribution is 6.74. The molecule has 5 atom stereocenters. The van der Waals surface area contributed by atoms with Gasteiger partial charge >= 0.3 is 6.01 Å². The molecule has 2 saturated heterocycles. The van der Waals surface area contributed by atoms with Crippen LogP contribution in [0, 0.1) is 5.92 Å². The predicted octanol–water partition coefficient (Wildman–Crippen LogP) is 7.62. The molecule has 0 N–H and O–H groups in total. The SMILES string of the molecule is C=CC(=O)N1C[C@H](C)N(c2nc(OC[C@@H]3CCCN3C)nc3c2CC(C)C(c2cc(O[Si](C)(C)C(C)(C)C)cc4ccccc24)C3)[C@@H](C)C1. The van der Waals surface area contributed by atoms with Gasteiger partial charge in [0.15, 0.2) is 0 Å². The van der Waals surface area contributed by atoms with E-state index in [1.54, 1.807) is 0 Å². The Hall–Kier alpha value is -3.43. The van der Waals surface area contributed by atoms with Gasteiger partial charge in [-0.15, -0.1) is 0 Å². The monoisotopic (exact) mass is 683 g/mol. The van der Waals surface area contributed by atoms with E-state index in [0.717, 1.165) is 43.1 Å². The van der Waals surface area contributed by atoms with Gasteiger partial charge in [-0.25, -0.2) is 0 Å². The minimum absolute atomic E-state index is 0.0174. The van der Waals surface area contributed by atoms with Gasteiger partial charge in [0.05, 0.1) is 5.69 Å². The first kappa shape index (κ1) is 35.4. The second-order valence-electron chi connectivity index (χ2n) is 16.5. The molecule has 3 aromatic rings. The predicted molar refractivity (Wildman–Crippen MR) is 202 cm³/mol. The van der Waals surface area contributed by atoms with Gasteiger partial charge in [-0.05, 0) is 118 Å². The van der Waals surface area contributed by atoms with Crippen LogP contribution in [0.1, 0.15) is 77.1 Å². The quantitative estimate of drug-likeness (QED) is 0.179. The molecule has 2 unspecified atom stereocenters. The number of nitrogens with zero attached hydrogens (tertiary/aromatic N) is 5. The van der Waals surface area contributed by atoms with E-state index in [4.69, 9.17) is 19.1 Å². The van der Waals surface area contributed by atoms with Crippen LogP contribution in [-0.2, 0) is 17.6 Å². The fraction of sp³-hybridized carbons (Fsp3) is 0.575. The molecule has 0 saturated carbocycles. The molecule has 264 valence electrons. The van der Waals surface area contributed by atoms with Crippen molar-refractivity contribution < 1.29 is 14.0 Å². The lowest BCUT2D eigenvalue weighted by molar-refractivity contribution is -0.127. The Bertz CT molecular complexity index is 1690. The van der Waals surface area contributed by atoms with Crippen molar-refractivity contribution in [3.8, 4) is 11.8 Å². The summed E-state index contributed by atoms with van der Waals surface area (Å²) in [7, 11) is 0.130. The molecule has 1 amide bonds. The zero-order valence-electron chi connectivity index (χ0n) is 31.3. The second kappa shape index (κ2) is 13.7. The summed E-state index contributed by atoms with van der Waals surface area (Å²) >= 11 is 0. The molecule has 2 aromatic carbocycles. The number of aromatic nitrogens is 2. The zero-order valence-corrected chi connectivity index (χ0v) is 32.3. The fourth-order valence-electron chi connectivity index (χ4n) is 7.98. The molecule has 0 radical (unpaired) electrons. The van der Waals surface area contributed by atoms with Crippen molar-refractivity contribution in [2.75, 3.05) is 38.2 Å². The first-order valence-electron chi connectivity index (χ1n) is 18.3. The first-order valence-corrected chi connectivity index (χ1v) is 21.2. The highest BCUT2D eigenvalue weighted by atomic mass is 28.4. The van der Waals surface area contributed by atoms with Crippen LogP contribution in [0.3, 0.4) is 0 Å². The van der Waals surface area contributed by atoms with Gasteiger partial charge in [-0.3, -0.25) is 4.79 Å². The van der Waals surface area contributed by atoms with Crippen LogP contribution >= 0.6 is 0 Å². The number of hydrogen-bond donors (Lipinski definition) is 0. The molecule has 3 heterocycles. The maximum atomic E-state index is 12.6. The Morgan fingerprint density at radius 1 is 1.06 bits per heavy atom. The third kappa shape index (κ3) is 7.11. The van der Waals surface area contributed by atoms with E-state index in [1.165, 1.54) is 34.4 Å². The number of carbonyl (C=O) groups is 1.